The molecule has 0 aliphatic rings. The van der Waals surface area contributed by atoms with Crippen molar-refractivity contribution in [2.45, 2.75) is 26.4 Å². The predicted octanol–water partition coefficient (Wildman–Crippen LogP) is 3.45. The van der Waals surface area contributed by atoms with Crippen molar-refractivity contribution >= 4 is 11.3 Å². The van der Waals surface area contributed by atoms with Gasteiger partial charge in [-0.2, -0.15) is 0 Å². The number of ether oxygens (including phenoxy) is 1. The van der Waals surface area contributed by atoms with Gasteiger partial charge in [-0.05, 0) is 31.5 Å². The molecule has 5 heteroatoms. The van der Waals surface area contributed by atoms with Gasteiger partial charge < -0.3 is 10.1 Å². The number of hydrogen-bond donors (Lipinski definition) is 1. The fourth-order valence-electron chi connectivity index (χ4n) is 1.81. The van der Waals surface area contributed by atoms with Crippen LogP contribution in [0, 0.1) is 12.7 Å². The molecule has 2 rings (SSSR count). The third kappa shape index (κ3) is 3.52. The van der Waals surface area contributed by atoms with Crippen molar-refractivity contribution < 1.29 is 9.13 Å². The standard InChI is InChI=1S/C14H17FN2OS/c1-9(16-7-12-8-19-10(2)17-12)11-4-5-13(15)14(6-11)18-3/h4-6,8-9,16H,7H2,1-3H3. The smallest absolute Gasteiger partial charge is 0.165 e. The molecular formula is C14H17FN2OS. The molecule has 1 N–H and O–H groups in total. The Morgan fingerprint density at radius 3 is 2.89 bits per heavy atom. The van der Waals surface area contributed by atoms with E-state index < -0.39 is 0 Å². The second-order valence-corrected chi connectivity index (χ2v) is 5.42. The average Bonchev–Trinajstić information content (AvgIpc) is 2.82. The van der Waals surface area contributed by atoms with Gasteiger partial charge in [0.2, 0.25) is 0 Å². The van der Waals surface area contributed by atoms with E-state index in [1.54, 1.807) is 23.5 Å². The minimum Gasteiger partial charge on any atom is -0.494 e. The summed E-state index contributed by atoms with van der Waals surface area (Å²) in [5, 5.41) is 6.47. The predicted molar refractivity (Wildman–Crippen MR) is 75.1 cm³/mol. The summed E-state index contributed by atoms with van der Waals surface area (Å²) in [6, 6.07) is 5.02. The molecule has 102 valence electrons. The van der Waals surface area contributed by atoms with E-state index in [1.807, 2.05) is 19.2 Å². The van der Waals surface area contributed by atoms with Crippen LogP contribution in [0.5, 0.6) is 5.75 Å². The molecule has 1 aromatic carbocycles. The zero-order valence-electron chi connectivity index (χ0n) is 11.2. The van der Waals surface area contributed by atoms with Crippen molar-refractivity contribution in [1.29, 1.82) is 0 Å². The summed E-state index contributed by atoms with van der Waals surface area (Å²) in [7, 11) is 1.47. The number of aryl methyl sites for hydroxylation is 1. The van der Waals surface area contributed by atoms with Gasteiger partial charge in [-0.15, -0.1) is 11.3 Å². The van der Waals surface area contributed by atoms with Gasteiger partial charge in [0, 0.05) is 18.0 Å². The van der Waals surface area contributed by atoms with E-state index in [1.165, 1.54) is 13.2 Å². The summed E-state index contributed by atoms with van der Waals surface area (Å²) < 4.78 is 18.3. The van der Waals surface area contributed by atoms with Crippen molar-refractivity contribution in [2.24, 2.45) is 0 Å². The third-order valence-corrected chi connectivity index (χ3v) is 3.75. The quantitative estimate of drug-likeness (QED) is 0.911. The van der Waals surface area contributed by atoms with E-state index >= 15 is 0 Å². The van der Waals surface area contributed by atoms with Crippen molar-refractivity contribution in [3.63, 3.8) is 0 Å². The van der Waals surface area contributed by atoms with Gasteiger partial charge in [0.1, 0.15) is 0 Å². The average molecular weight is 280 g/mol. The number of rotatable bonds is 5. The van der Waals surface area contributed by atoms with E-state index in [0.29, 0.717) is 6.54 Å². The van der Waals surface area contributed by atoms with Gasteiger partial charge >= 0.3 is 0 Å². The maximum atomic E-state index is 13.3. The van der Waals surface area contributed by atoms with Gasteiger partial charge in [0.15, 0.2) is 11.6 Å². The van der Waals surface area contributed by atoms with Crippen LogP contribution < -0.4 is 10.1 Å². The van der Waals surface area contributed by atoms with Crippen molar-refractivity contribution in [3.05, 3.63) is 45.7 Å². The topological polar surface area (TPSA) is 34.1 Å². The molecule has 0 amide bonds. The number of benzene rings is 1. The van der Waals surface area contributed by atoms with Crippen LogP contribution in [0.2, 0.25) is 0 Å². The molecule has 2 aromatic rings. The lowest BCUT2D eigenvalue weighted by Gasteiger charge is -2.14. The summed E-state index contributed by atoms with van der Waals surface area (Å²) in [6.45, 7) is 4.72. The zero-order valence-corrected chi connectivity index (χ0v) is 12.1. The van der Waals surface area contributed by atoms with Gasteiger partial charge in [0.25, 0.3) is 0 Å². The molecule has 0 fully saturated rings. The molecule has 0 saturated heterocycles. The van der Waals surface area contributed by atoms with Gasteiger partial charge in [-0.3, -0.25) is 0 Å². The van der Waals surface area contributed by atoms with E-state index in [4.69, 9.17) is 4.74 Å². The maximum Gasteiger partial charge on any atom is 0.165 e. The number of nitrogens with one attached hydrogen (secondary N) is 1. The van der Waals surface area contributed by atoms with Crippen LogP contribution in [0.15, 0.2) is 23.6 Å². The monoisotopic (exact) mass is 280 g/mol. The Morgan fingerprint density at radius 1 is 1.47 bits per heavy atom. The van der Waals surface area contributed by atoms with Gasteiger partial charge in [0.05, 0.1) is 17.8 Å². The Hall–Kier alpha value is -1.46. The zero-order chi connectivity index (χ0) is 13.8. The fraction of sp³-hybridized carbons (Fsp3) is 0.357. The lowest BCUT2D eigenvalue weighted by molar-refractivity contribution is 0.385. The molecule has 0 aliphatic carbocycles. The molecule has 0 aliphatic heterocycles. The lowest BCUT2D eigenvalue weighted by Crippen LogP contribution is -2.18. The summed E-state index contributed by atoms with van der Waals surface area (Å²) in [6.07, 6.45) is 0. The Bertz CT molecular complexity index is 556. The number of thiazole rings is 1. The van der Waals surface area contributed by atoms with Crippen molar-refractivity contribution in [3.8, 4) is 5.75 Å². The molecule has 19 heavy (non-hydrogen) atoms. The molecule has 1 unspecified atom stereocenters. The molecule has 3 nitrogen and oxygen atoms in total. The van der Waals surface area contributed by atoms with Crippen LogP contribution in [0.1, 0.15) is 29.2 Å². The first kappa shape index (κ1) is 14.0. The third-order valence-electron chi connectivity index (χ3n) is 2.93. The highest BCUT2D eigenvalue weighted by Crippen LogP contribution is 2.22. The van der Waals surface area contributed by atoms with Crippen molar-refractivity contribution in [2.75, 3.05) is 7.11 Å². The molecule has 0 saturated carbocycles. The summed E-state index contributed by atoms with van der Waals surface area (Å²) in [5.41, 5.74) is 2.02. The van der Waals surface area contributed by atoms with E-state index in [9.17, 15) is 4.39 Å². The summed E-state index contributed by atoms with van der Waals surface area (Å²) in [5.74, 6) is -0.0655. The molecular weight excluding hydrogens is 263 g/mol. The molecule has 1 atom stereocenters. The molecule has 0 spiro atoms. The molecule has 1 heterocycles. The van der Waals surface area contributed by atoms with Crippen LogP contribution in [-0.4, -0.2) is 12.1 Å². The number of halogens is 1. The highest BCUT2D eigenvalue weighted by Gasteiger charge is 2.10. The van der Waals surface area contributed by atoms with Gasteiger partial charge in [-0.25, -0.2) is 9.37 Å². The summed E-state index contributed by atoms with van der Waals surface area (Å²) >= 11 is 1.64. The van der Waals surface area contributed by atoms with Crippen LogP contribution >= 0.6 is 11.3 Å². The second-order valence-electron chi connectivity index (χ2n) is 4.35. The van der Waals surface area contributed by atoms with E-state index in [-0.39, 0.29) is 17.6 Å². The van der Waals surface area contributed by atoms with Crippen LogP contribution in [-0.2, 0) is 6.54 Å². The van der Waals surface area contributed by atoms with E-state index in [2.05, 4.69) is 10.3 Å². The number of aromatic nitrogens is 1. The van der Waals surface area contributed by atoms with Gasteiger partial charge in [-0.1, -0.05) is 6.07 Å². The molecule has 0 radical (unpaired) electrons. The maximum absolute atomic E-state index is 13.3. The minimum atomic E-state index is -0.339. The lowest BCUT2D eigenvalue weighted by atomic mass is 10.1. The second kappa shape index (κ2) is 6.12. The Kier molecular flexibility index (Phi) is 4.50. The first-order valence-corrected chi connectivity index (χ1v) is 6.96. The van der Waals surface area contributed by atoms with Crippen LogP contribution in [0.25, 0.3) is 0 Å². The molecule has 1 aromatic heterocycles. The normalized spacial score (nSPS) is 12.4. The molecule has 0 bridgehead atoms. The first-order valence-electron chi connectivity index (χ1n) is 6.08. The number of nitrogens with zero attached hydrogens (tertiary/aromatic N) is 1. The Morgan fingerprint density at radius 2 is 2.26 bits per heavy atom. The highest BCUT2D eigenvalue weighted by atomic mass is 32.1. The number of methoxy groups -OCH3 is 1. The first-order chi connectivity index (χ1) is 9.10. The van der Waals surface area contributed by atoms with Crippen LogP contribution in [0.4, 0.5) is 4.39 Å². The minimum absolute atomic E-state index is 0.108. The Labute approximate surface area is 116 Å². The SMILES string of the molecule is COc1cc(C(C)NCc2csc(C)n2)ccc1F. The highest BCUT2D eigenvalue weighted by molar-refractivity contribution is 7.09. The van der Waals surface area contributed by atoms with Crippen molar-refractivity contribution in [1.82, 2.24) is 10.3 Å². The largest absolute Gasteiger partial charge is 0.494 e. The van der Waals surface area contributed by atoms with Crippen LogP contribution in [0.3, 0.4) is 0 Å². The fourth-order valence-corrected chi connectivity index (χ4v) is 2.42. The summed E-state index contributed by atoms with van der Waals surface area (Å²) in [4.78, 5) is 4.40. The van der Waals surface area contributed by atoms with E-state index in [0.717, 1.165) is 16.3 Å². The Balaban J connectivity index is 2.01. The number of hydrogen-bond acceptors (Lipinski definition) is 4.